The first-order valence-electron chi connectivity index (χ1n) is 11.6. The summed E-state index contributed by atoms with van der Waals surface area (Å²) in [6.07, 6.45) is 0.0565. The molecular formula is C25H36N2O5S. The van der Waals surface area contributed by atoms with E-state index in [9.17, 15) is 18.6 Å². The molecule has 1 atom stereocenters. The van der Waals surface area contributed by atoms with E-state index in [1.165, 1.54) is 16.4 Å². The number of ether oxygens (including phenoxy) is 1. The van der Waals surface area contributed by atoms with Gasteiger partial charge < -0.3 is 14.9 Å². The third-order valence-electron chi connectivity index (χ3n) is 5.93. The zero-order valence-corrected chi connectivity index (χ0v) is 20.6. The number of morpholine rings is 1. The van der Waals surface area contributed by atoms with E-state index in [2.05, 4.69) is 11.8 Å². The predicted octanol–water partition coefficient (Wildman–Crippen LogP) is 2.96. The highest BCUT2D eigenvalue weighted by molar-refractivity contribution is 7.92. The SMILES string of the molecule is CCc1ccc(N(CC(C)C)S(=O)(=O)c2ccc(C(O)CN3CCOCC3)c(CO)c2)cc1. The lowest BCUT2D eigenvalue weighted by atomic mass is 10.0. The van der Waals surface area contributed by atoms with Gasteiger partial charge in [-0.05, 0) is 53.3 Å². The van der Waals surface area contributed by atoms with Crippen LogP contribution in [0, 0.1) is 5.92 Å². The van der Waals surface area contributed by atoms with E-state index in [0.717, 1.165) is 25.1 Å². The summed E-state index contributed by atoms with van der Waals surface area (Å²) < 4.78 is 34.1. The Hall–Kier alpha value is -1.97. The van der Waals surface area contributed by atoms with Crippen LogP contribution < -0.4 is 4.31 Å². The molecular weight excluding hydrogens is 440 g/mol. The third-order valence-corrected chi connectivity index (χ3v) is 7.72. The minimum atomic E-state index is -3.86. The Bertz CT molecular complexity index is 1000. The van der Waals surface area contributed by atoms with Gasteiger partial charge in [-0.1, -0.05) is 39.0 Å². The molecule has 0 aromatic heterocycles. The van der Waals surface area contributed by atoms with E-state index >= 15 is 0 Å². The number of hydrogen-bond donors (Lipinski definition) is 2. The quantitative estimate of drug-likeness (QED) is 0.548. The molecule has 0 aliphatic carbocycles. The van der Waals surface area contributed by atoms with E-state index in [4.69, 9.17) is 4.74 Å². The van der Waals surface area contributed by atoms with Gasteiger partial charge in [-0.3, -0.25) is 9.21 Å². The molecule has 2 aromatic carbocycles. The van der Waals surface area contributed by atoms with Crippen molar-refractivity contribution < 1.29 is 23.4 Å². The van der Waals surface area contributed by atoms with Gasteiger partial charge in [0, 0.05) is 26.2 Å². The molecule has 1 saturated heterocycles. The minimum Gasteiger partial charge on any atom is -0.392 e. The molecule has 2 N–H and O–H groups in total. The van der Waals surface area contributed by atoms with Gasteiger partial charge in [-0.25, -0.2) is 8.42 Å². The number of aliphatic hydroxyl groups excluding tert-OH is 2. The summed E-state index contributed by atoms with van der Waals surface area (Å²) in [5.74, 6) is 0.123. The van der Waals surface area contributed by atoms with Gasteiger partial charge in [0.2, 0.25) is 0 Å². The second kappa shape index (κ2) is 11.4. The predicted molar refractivity (Wildman–Crippen MR) is 130 cm³/mol. The lowest BCUT2D eigenvalue weighted by molar-refractivity contribution is 0.0140. The molecule has 0 bridgehead atoms. The Kier molecular flexibility index (Phi) is 8.89. The Morgan fingerprint density at radius 2 is 1.76 bits per heavy atom. The summed E-state index contributed by atoms with van der Waals surface area (Å²) in [7, 11) is -3.86. The number of aliphatic hydroxyl groups is 2. The zero-order valence-electron chi connectivity index (χ0n) is 19.8. The molecule has 1 aliphatic heterocycles. The highest BCUT2D eigenvalue weighted by Crippen LogP contribution is 2.29. The summed E-state index contributed by atoms with van der Waals surface area (Å²) in [4.78, 5) is 2.21. The average molecular weight is 477 g/mol. The normalized spacial score (nSPS) is 16.2. The van der Waals surface area contributed by atoms with E-state index in [0.29, 0.717) is 43.1 Å². The Morgan fingerprint density at radius 3 is 2.33 bits per heavy atom. The van der Waals surface area contributed by atoms with Crippen molar-refractivity contribution in [2.24, 2.45) is 5.92 Å². The first-order chi connectivity index (χ1) is 15.8. The lowest BCUT2D eigenvalue weighted by Crippen LogP contribution is -2.39. The van der Waals surface area contributed by atoms with E-state index in [1.807, 2.05) is 38.1 Å². The van der Waals surface area contributed by atoms with Gasteiger partial charge in [0.05, 0.1) is 36.5 Å². The minimum absolute atomic E-state index is 0.106. The maximum atomic E-state index is 13.6. The van der Waals surface area contributed by atoms with Crippen molar-refractivity contribution in [3.8, 4) is 0 Å². The first kappa shape index (κ1) is 25.6. The Labute approximate surface area is 197 Å². The van der Waals surface area contributed by atoms with Crippen molar-refractivity contribution in [3.05, 3.63) is 59.2 Å². The van der Waals surface area contributed by atoms with Crippen molar-refractivity contribution in [1.82, 2.24) is 4.90 Å². The number of nitrogens with zero attached hydrogens (tertiary/aromatic N) is 2. The topological polar surface area (TPSA) is 90.3 Å². The van der Waals surface area contributed by atoms with Crippen molar-refractivity contribution >= 4 is 15.7 Å². The van der Waals surface area contributed by atoms with Crippen molar-refractivity contribution in [3.63, 3.8) is 0 Å². The highest BCUT2D eigenvalue weighted by atomic mass is 32.2. The molecule has 1 aliphatic rings. The number of rotatable bonds is 10. The summed E-state index contributed by atoms with van der Waals surface area (Å²) in [6, 6.07) is 12.2. The molecule has 2 aromatic rings. The number of aryl methyl sites for hydroxylation is 1. The second-order valence-electron chi connectivity index (χ2n) is 8.90. The van der Waals surface area contributed by atoms with Crippen LogP contribution in [0.4, 0.5) is 5.69 Å². The van der Waals surface area contributed by atoms with Crippen LogP contribution in [-0.4, -0.2) is 62.9 Å². The van der Waals surface area contributed by atoms with Gasteiger partial charge in [-0.2, -0.15) is 0 Å². The molecule has 0 amide bonds. The molecule has 33 heavy (non-hydrogen) atoms. The van der Waals surface area contributed by atoms with Crippen LogP contribution in [0.1, 0.15) is 43.6 Å². The molecule has 8 heteroatoms. The van der Waals surface area contributed by atoms with E-state index < -0.39 is 16.1 Å². The first-order valence-corrected chi connectivity index (χ1v) is 13.0. The Morgan fingerprint density at radius 1 is 1.09 bits per heavy atom. The summed E-state index contributed by atoms with van der Waals surface area (Å²) in [5, 5.41) is 20.7. The molecule has 0 spiro atoms. The van der Waals surface area contributed by atoms with Gasteiger partial charge in [-0.15, -0.1) is 0 Å². The van der Waals surface area contributed by atoms with Crippen LogP contribution in [0.15, 0.2) is 47.4 Å². The van der Waals surface area contributed by atoms with Crippen molar-refractivity contribution in [2.45, 2.75) is 44.8 Å². The fourth-order valence-corrected chi connectivity index (χ4v) is 5.71. The second-order valence-corrected chi connectivity index (χ2v) is 10.8. The molecule has 1 fully saturated rings. The van der Waals surface area contributed by atoms with Crippen LogP contribution in [0.5, 0.6) is 0 Å². The fourth-order valence-electron chi connectivity index (χ4n) is 4.03. The van der Waals surface area contributed by atoms with Crippen LogP contribution in [0.2, 0.25) is 0 Å². The smallest absolute Gasteiger partial charge is 0.264 e. The summed E-state index contributed by atoms with van der Waals surface area (Å²) >= 11 is 0. The van der Waals surface area contributed by atoms with Gasteiger partial charge in [0.15, 0.2) is 0 Å². The molecule has 3 rings (SSSR count). The molecule has 182 valence electrons. The maximum Gasteiger partial charge on any atom is 0.264 e. The zero-order chi connectivity index (χ0) is 24.0. The van der Waals surface area contributed by atoms with Crippen LogP contribution in [0.3, 0.4) is 0 Å². The number of β-amino-alcohol motifs (C(OH)–C–C–N with tert-alkyl or cyclic N) is 1. The number of anilines is 1. The standard InChI is InChI=1S/C25H36N2O5S/c1-4-20-5-7-22(8-6-20)27(16-19(2)3)33(30,31)23-9-10-24(21(15-23)18-28)25(29)17-26-11-13-32-14-12-26/h5-10,15,19,25,28-29H,4,11-14,16-18H2,1-3H3. The molecule has 0 saturated carbocycles. The molecule has 1 unspecified atom stereocenters. The molecule has 0 radical (unpaired) electrons. The summed E-state index contributed by atoms with van der Waals surface area (Å²) in [5.41, 5.74) is 2.72. The average Bonchev–Trinajstić information content (AvgIpc) is 2.82. The van der Waals surface area contributed by atoms with Crippen LogP contribution in [-0.2, 0) is 27.8 Å². The molecule has 7 nitrogen and oxygen atoms in total. The van der Waals surface area contributed by atoms with E-state index in [-0.39, 0.29) is 17.4 Å². The lowest BCUT2D eigenvalue weighted by Gasteiger charge is -2.29. The number of benzene rings is 2. The number of hydrogen-bond acceptors (Lipinski definition) is 6. The van der Waals surface area contributed by atoms with Gasteiger partial charge >= 0.3 is 0 Å². The van der Waals surface area contributed by atoms with E-state index in [1.54, 1.807) is 6.07 Å². The van der Waals surface area contributed by atoms with Gasteiger partial charge in [0.25, 0.3) is 10.0 Å². The van der Waals surface area contributed by atoms with Crippen molar-refractivity contribution in [1.29, 1.82) is 0 Å². The molecule has 1 heterocycles. The summed E-state index contributed by atoms with van der Waals surface area (Å²) in [6.45, 7) is 9.13. The highest BCUT2D eigenvalue weighted by Gasteiger charge is 2.27. The largest absolute Gasteiger partial charge is 0.392 e. The van der Waals surface area contributed by atoms with Crippen molar-refractivity contribution in [2.75, 3.05) is 43.7 Å². The fraction of sp³-hybridized carbons (Fsp3) is 0.520. The monoisotopic (exact) mass is 476 g/mol. The maximum absolute atomic E-state index is 13.6. The van der Waals surface area contributed by atoms with Crippen LogP contribution >= 0.6 is 0 Å². The van der Waals surface area contributed by atoms with Crippen LogP contribution in [0.25, 0.3) is 0 Å². The Balaban J connectivity index is 1.91. The number of sulfonamides is 1. The third kappa shape index (κ3) is 6.33. The van der Waals surface area contributed by atoms with Gasteiger partial charge in [0.1, 0.15) is 0 Å².